The van der Waals surface area contributed by atoms with E-state index in [0.29, 0.717) is 16.3 Å². The summed E-state index contributed by atoms with van der Waals surface area (Å²) in [4.78, 5) is 25.3. The van der Waals surface area contributed by atoms with Gasteiger partial charge in [0.25, 0.3) is 5.69 Å². The summed E-state index contributed by atoms with van der Waals surface area (Å²) in [5, 5.41) is 11.9. The van der Waals surface area contributed by atoms with Crippen molar-refractivity contribution in [1.82, 2.24) is 4.98 Å². The van der Waals surface area contributed by atoms with E-state index in [1.807, 2.05) is 0 Å². The SMILES string of the molecule is COC(=O)C#Cc1ccc([N+](=O)[O-])c2cnccc12. The number of fused-ring (bicyclic) bond motifs is 1. The minimum absolute atomic E-state index is 0.0493. The Balaban J connectivity index is 2.64. The van der Waals surface area contributed by atoms with E-state index in [-0.39, 0.29) is 5.69 Å². The lowest BCUT2D eigenvalue weighted by Crippen LogP contribution is -1.95. The van der Waals surface area contributed by atoms with E-state index >= 15 is 0 Å². The van der Waals surface area contributed by atoms with Crippen LogP contribution >= 0.6 is 0 Å². The van der Waals surface area contributed by atoms with Crippen LogP contribution < -0.4 is 0 Å². The number of aromatic nitrogens is 1. The number of rotatable bonds is 1. The number of benzene rings is 1. The summed E-state index contributed by atoms with van der Waals surface area (Å²) in [6.45, 7) is 0. The van der Waals surface area contributed by atoms with Crippen molar-refractivity contribution in [3.8, 4) is 11.8 Å². The van der Waals surface area contributed by atoms with Crippen LogP contribution in [0.4, 0.5) is 5.69 Å². The van der Waals surface area contributed by atoms with Crippen molar-refractivity contribution in [1.29, 1.82) is 0 Å². The van der Waals surface area contributed by atoms with Gasteiger partial charge in [0.15, 0.2) is 0 Å². The molecule has 0 aliphatic rings. The second-order valence-corrected chi connectivity index (χ2v) is 3.55. The molecule has 0 spiro atoms. The van der Waals surface area contributed by atoms with Gasteiger partial charge in [0.2, 0.25) is 0 Å². The van der Waals surface area contributed by atoms with E-state index in [4.69, 9.17) is 0 Å². The number of non-ortho nitro benzene ring substituents is 1. The number of carbonyl (C=O) groups is 1. The number of carbonyl (C=O) groups excluding carboxylic acids is 1. The molecular formula is C13H8N2O4. The molecule has 2 aromatic rings. The Morgan fingerprint density at radius 1 is 1.37 bits per heavy atom. The van der Waals surface area contributed by atoms with Crippen molar-refractivity contribution in [2.45, 2.75) is 0 Å². The molecule has 1 aromatic heterocycles. The monoisotopic (exact) mass is 256 g/mol. The van der Waals surface area contributed by atoms with Gasteiger partial charge in [-0.15, -0.1) is 0 Å². The molecule has 0 bridgehead atoms. The fourth-order valence-corrected chi connectivity index (χ4v) is 1.61. The van der Waals surface area contributed by atoms with Crippen LogP contribution in [0.15, 0.2) is 30.6 Å². The third-order valence-electron chi connectivity index (χ3n) is 2.48. The molecule has 1 heterocycles. The summed E-state index contributed by atoms with van der Waals surface area (Å²) in [5.41, 5.74) is 0.458. The molecule has 0 saturated carbocycles. The molecule has 1 aromatic carbocycles. The number of nitro groups is 1. The van der Waals surface area contributed by atoms with E-state index in [2.05, 4.69) is 21.6 Å². The smallest absolute Gasteiger partial charge is 0.384 e. The third kappa shape index (κ3) is 2.50. The quantitative estimate of drug-likeness (QED) is 0.335. The minimum Gasteiger partial charge on any atom is -0.459 e. The van der Waals surface area contributed by atoms with Gasteiger partial charge in [-0.1, -0.05) is 5.92 Å². The van der Waals surface area contributed by atoms with Crippen molar-refractivity contribution >= 4 is 22.4 Å². The number of methoxy groups -OCH3 is 1. The lowest BCUT2D eigenvalue weighted by atomic mass is 10.1. The Hall–Kier alpha value is -2.94. The first-order valence-corrected chi connectivity index (χ1v) is 5.24. The van der Waals surface area contributed by atoms with Gasteiger partial charge in [-0.05, 0) is 12.1 Å². The molecule has 0 fully saturated rings. The van der Waals surface area contributed by atoms with Gasteiger partial charge in [-0.25, -0.2) is 4.79 Å². The number of nitro benzene ring substituents is 1. The highest BCUT2D eigenvalue weighted by Crippen LogP contribution is 2.26. The van der Waals surface area contributed by atoms with Gasteiger partial charge in [0.1, 0.15) is 0 Å². The van der Waals surface area contributed by atoms with E-state index < -0.39 is 10.9 Å². The summed E-state index contributed by atoms with van der Waals surface area (Å²) in [7, 11) is 1.23. The fraction of sp³-hybridized carbons (Fsp3) is 0.0769. The number of esters is 1. The predicted octanol–water partition coefficient (Wildman–Crippen LogP) is 1.67. The van der Waals surface area contributed by atoms with Crippen molar-refractivity contribution < 1.29 is 14.5 Å². The van der Waals surface area contributed by atoms with Crippen LogP contribution in [0.2, 0.25) is 0 Å². The average molecular weight is 256 g/mol. The Bertz CT molecular complexity index is 728. The number of hydrogen-bond acceptors (Lipinski definition) is 5. The zero-order valence-electron chi connectivity index (χ0n) is 9.91. The molecule has 0 aliphatic heterocycles. The molecule has 0 N–H and O–H groups in total. The molecular weight excluding hydrogens is 248 g/mol. The zero-order valence-corrected chi connectivity index (χ0v) is 9.91. The molecule has 0 saturated heterocycles. The van der Waals surface area contributed by atoms with Gasteiger partial charge in [-0.2, -0.15) is 0 Å². The highest BCUT2D eigenvalue weighted by atomic mass is 16.6. The summed E-state index contributed by atoms with van der Waals surface area (Å²) < 4.78 is 4.41. The first kappa shape index (κ1) is 12.5. The van der Waals surface area contributed by atoms with E-state index in [0.717, 1.165) is 0 Å². The van der Waals surface area contributed by atoms with Gasteiger partial charge < -0.3 is 4.74 Å². The van der Waals surface area contributed by atoms with Gasteiger partial charge in [-0.3, -0.25) is 15.1 Å². The summed E-state index contributed by atoms with van der Waals surface area (Å²) in [6.07, 6.45) is 2.91. The van der Waals surface area contributed by atoms with Gasteiger partial charge in [0.05, 0.1) is 17.4 Å². The normalized spacial score (nSPS) is 9.53. The zero-order chi connectivity index (χ0) is 13.8. The van der Waals surface area contributed by atoms with Crippen LogP contribution in [0.1, 0.15) is 5.56 Å². The lowest BCUT2D eigenvalue weighted by molar-refractivity contribution is -0.383. The van der Waals surface area contributed by atoms with Crippen molar-refractivity contribution in [3.05, 3.63) is 46.3 Å². The second kappa shape index (κ2) is 5.14. The second-order valence-electron chi connectivity index (χ2n) is 3.55. The molecule has 19 heavy (non-hydrogen) atoms. The molecule has 2 rings (SSSR count). The molecule has 6 nitrogen and oxygen atoms in total. The first-order chi connectivity index (χ1) is 9.13. The van der Waals surface area contributed by atoms with Crippen molar-refractivity contribution in [2.24, 2.45) is 0 Å². The Morgan fingerprint density at radius 2 is 2.16 bits per heavy atom. The largest absolute Gasteiger partial charge is 0.459 e. The third-order valence-corrected chi connectivity index (χ3v) is 2.48. The number of hydrogen-bond donors (Lipinski definition) is 0. The molecule has 0 radical (unpaired) electrons. The predicted molar refractivity (Wildman–Crippen MR) is 67.3 cm³/mol. The van der Waals surface area contributed by atoms with E-state index in [1.54, 1.807) is 6.07 Å². The van der Waals surface area contributed by atoms with Crippen LogP contribution in [-0.2, 0) is 9.53 Å². The van der Waals surface area contributed by atoms with Crippen LogP contribution in [0, 0.1) is 22.0 Å². The highest BCUT2D eigenvalue weighted by molar-refractivity contribution is 5.96. The van der Waals surface area contributed by atoms with Crippen LogP contribution in [0.3, 0.4) is 0 Å². The fourth-order valence-electron chi connectivity index (χ4n) is 1.61. The molecule has 0 aliphatic carbocycles. The molecule has 0 unspecified atom stereocenters. The van der Waals surface area contributed by atoms with E-state index in [9.17, 15) is 14.9 Å². The maximum atomic E-state index is 11.0. The maximum Gasteiger partial charge on any atom is 0.384 e. The van der Waals surface area contributed by atoms with Gasteiger partial charge >= 0.3 is 5.97 Å². The summed E-state index contributed by atoms with van der Waals surface area (Å²) >= 11 is 0. The Kier molecular flexibility index (Phi) is 3.39. The Labute approximate surface area is 108 Å². The molecule has 0 amide bonds. The molecule has 94 valence electrons. The average Bonchev–Trinajstić information content (AvgIpc) is 2.43. The van der Waals surface area contributed by atoms with Crippen LogP contribution in [0.5, 0.6) is 0 Å². The summed E-state index contributed by atoms with van der Waals surface area (Å²) in [5.74, 6) is 4.25. The van der Waals surface area contributed by atoms with Gasteiger partial charge in [0, 0.05) is 35.3 Å². The first-order valence-electron chi connectivity index (χ1n) is 5.24. The number of nitrogens with zero attached hydrogens (tertiary/aromatic N) is 2. The molecule has 0 atom stereocenters. The van der Waals surface area contributed by atoms with Crippen molar-refractivity contribution in [3.63, 3.8) is 0 Å². The van der Waals surface area contributed by atoms with Crippen molar-refractivity contribution in [2.75, 3.05) is 7.11 Å². The maximum absolute atomic E-state index is 11.0. The Morgan fingerprint density at radius 3 is 2.84 bits per heavy atom. The van der Waals surface area contributed by atoms with E-state index in [1.165, 1.54) is 31.6 Å². The van der Waals surface area contributed by atoms with Crippen LogP contribution in [0.25, 0.3) is 10.8 Å². The van der Waals surface area contributed by atoms with Crippen LogP contribution in [-0.4, -0.2) is 23.0 Å². The minimum atomic E-state index is -0.666. The number of ether oxygens (including phenoxy) is 1. The molecule has 6 heteroatoms. The number of pyridine rings is 1. The standard InChI is InChI=1S/C13H8N2O4/c1-19-13(16)5-3-9-2-4-12(15(17)18)11-8-14-7-6-10(9)11/h2,4,6-8H,1H3. The highest BCUT2D eigenvalue weighted by Gasteiger charge is 2.13. The topological polar surface area (TPSA) is 82.3 Å². The summed E-state index contributed by atoms with van der Waals surface area (Å²) in [6, 6.07) is 4.45. The lowest BCUT2D eigenvalue weighted by Gasteiger charge is -2.01.